The lowest BCUT2D eigenvalue weighted by Gasteiger charge is -2.34. The topological polar surface area (TPSA) is 72.7 Å². The van der Waals surface area contributed by atoms with Crippen LogP contribution < -0.4 is 14.5 Å². The molecule has 2 aliphatic rings. The standard InChI is InChI=1S/C24H27N5O3/c1-16-21(17-4-5-22-18(10-17)15-31-24(30)28(22)3)12-25-13-23(16)29-8-6-19(7-9-29)32-20-11-26-27(2)14-20/h4-5,10-14,19H,6-9,15H2,1-3H3/i3D3. The number of aryl methyl sites for hydroxylation is 1. The molecule has 1 aromatic carbocycles. The molecule has 0 spiro atoms. The summed E-state index contributed by atoms with van der Waals surface area (Å²) in [4.78, 5) is 19.6. The number of cyclic esters (lactones) is 1. The van der Waals surface area contributed by atoms with Gasteiger partial charge >= 0.3 is 6.09 Å². The first-order valence-corrected chi connectivity index (χ1v) is 10.7. The van der Waals surface area contributed by atoms with Crippen LogP contribution in [0.3, 0.4) is 0 Å². The molecule has 2 aromatic heterocycles. The molecule has 5 rings (SSSR count). The fourth-order valence-electron chi connectivity index (χ4n) is 4.38. The van der Waals surface area contributed by atoms with Gasteiger partial charge in [-0.15, -0.1) is 0 Å². The van der Waals surface area contributed by atoms with Crippen LogP contribution in [0.15, 0.2) is 43.0 Å². The molecule has 0 saturated carbocycles. The second kappa shape index (κ2) is 8.18. The lowest BCUT2D eigenvalue weighted by Crippen LogP contribution is -2.38. The maximum absolute atomic E-state index is 12.1. The van der Waals surface area contributed by atoms with Crippen molar-refractivity contribution in [3.63, 3.8) is 0 Å². The van der Waals surface area contributed by atoms with Crippen molar-refractivity contribution >= 4 is 17.5 Å². The number of carbonyl (C=O) groups excluding carboxylic acids is 1. The number of fused-ring (bicyclic) bond motifs is 1. The number of ether oxygens (including phenoxy) is 2. The van der Waals surface area contributed by atoms with E-state index in [1.807, 2.05) is 37.8 Å². The lowest BCUT2D eigenvalue weighted by atomic mass is 9.97. The molecule has 1 fully saturated rings. The number of rotatable bonds is 4. The molecule has 0 bridgehead atoms. The quantitative estimate of drug-likeness (QED) is 0.617. The molecule has 3 aromatic rings. The normalized spacial score (nSPS) is 18.4. The fraction of sp³-hybridized carbons (Fsp3) is 0.375. The summed E-state index contributed by atoms with van der Waals surface area (Å²) in [6, 6.07) is 5.38. The number of piperidine rings is 1. The van der Waals surface area contributed by atoms with Gasteiger partial charge in [0.25, 0.3) is 0 Å². The number of pyridine rings is 1. The molecule has 166 valence electrons. The van der Waals surface area contributed by atoms with Crippen LogP contribution in [0.1, 0.15) is 28.1 Å². The monoisotopic (exact) mass is 436 g/mol. The van der Waals surface area contributed by atoms with Gasteiger partial charge in [0.1, 0.15) is 12.7 Å². The predicted octanol–water partition coefficient (Wildman–Crippen LogP) is 3.92. The Kier molecular flexibility index (Phi) is 4.36. The first kappa shape index (κ1) is 17.1. The first-order valence-electron chi connectivity index (χ1n) is 12.2. The van der Waals surface area contributed by atoms with Crippen LogP contribution in [-0.2, 0) is 18.4 Å². The average molecular weight is 437 g/mol. The van der Waals surface area contributed by atoms with E-state index in [1.165, 1.54) is 0 Å². The fourth-order valence-corrected chi connectivity index (χ4v) is 4.38. The second-order valence-electron chi connectivity index (χ2n) is 8.22. The van der Waals surface area contributed by atoms with Crippen molar-refractivity contribution in [2.75, 3.05) is 29.9 Å². The van der Waals surface area contributed by atoms with Crippen LogP contribution in [0.5, 0.6) is 5.75 Å². The van der Waals surface area contributed by atoms with Gasteiger partial charge in [-0.05, 0) is 30.2 Å². The smallest absolute Gasteiger partial charge is 0.414 e. The van der Waals surface area contributed by atoms with E-state index in [1.54, 1.807) is 16.9 Å². The van der Waals surface area contributed by atoms with Gasteiger partial charge < -0.3 is 14.4 Å². The highest BCUT2D eigenvalue weighted by Crippen LogP contribution is 2.35. The van der Waals surface area contributed by atoms with Crippen molar-refractivity contribution in [2.24, 2.45) is 7.05 Å². The van der Waals surface area contributed by atoms with E-state index in [9.17, 15) is 4.79 Å². The summed E-state index contributed by atoms with van der Waals surface area (Å²) in [5, 5.41) is 4.16. The number of amides is 1. The molecule has 0 unspecified atom stereocenters. The third kappa shape index (κ3) is 3.77. The molecule has 32 heavy (non-hydrogen) atoms. The Bertz CT molecular complexity index is 1250. The second-order valence-corrected chi connectivity index (χ2v) is 8.22. The van der Waals surface area contributed by atoms with Gasteiger partial charge in [-0.2, -0.15) is 5.10 Å². The molecule has 2 aliphatic heterocycles. The largest absolute Gasteiger partial charge is 0.487 e. The summed E-state index contributed by atoms with van der Waals surface area (Å²) in [6.07, 6.45) is 8.40. The zero-order chi connectivity index (χ0) is 24.7. The third-order valence-corrected chi connectivity index (χ3v) is 6.12. The number of benzene rings is 1. The number of hydrogen-bond donors (Lipinski definition) is 0. The van der Waals surface area contributed by atoms with Gasteiger partial charge in [-0.3, -0.25) is 14.6 Å². The van der Waals surface area contributed by atoms with Crippen LogP contribution in [0.2, 0.25) is 0 Å². The van der Waals surface area contributed by atoms with E-state index in [2.05, 4.69) is 21.9 Å². The van der Waals surface area contributed by atoms with Crippen LogP contribution >= 0.6 is 0 Å². The van der Waals surface area contributed by atoms with E-state index >= 15 is 0 Å². The van der Waals surface area contributed by atoms with Crippen LogP contribution in [-0.4, -0.2) is 47.0 Å². The summed E-state index contributed by atoms with van der Waals surface area (Å²) >= 11 is 0. The van der Waals surface area contributed by atoms with Gasteiger partial charge in [0.05, 0.1) is 30.0 Å². The minimum atomic E-state index is -2.61. The van der Waals surface area contributed by atoms with Gasteiger partial charge in [0.2, 0.25) is 0 Å². The van der Waals surface area contributed by atoms with Gasteiger partial charge in [0.15, 0.2) is 5.75 Å². The van der Waals surface area contributed by atoms with Crippen molar-refractivity contribution in [1.82, 2.24) is 14.8 Å². The summed E-state index contributed by atoms with van der Waals surface area (Å²) in [6.45, 7) is 1.19. The Balaban J connectivity index is 1.35. The minimum absolute atomic E-state index is 0.0329. The zero-order valence-electron chi connectivity index (χ0n) is 21.1. The summed E-state index contributed by atoms with van der Waals surface area (Å²) in [5.74, 6) is 0.793. The summed E-state index contributed by atoms with van der Waals surface area (Å²) in [7, 11) is 1.87. The molecule has 8 heteroatoms. The maximum atomic E-state index is 12.1. The van der Waals surface area contributed by atoms with E-state index in [0.29, 0.717) is 11.3 Å². The third-order valence-electron chi connectivity index (χ3n) is 6.12. The Hall–Kier alpha value is -3.55. The summed E-state index contributed by atoms with van der Waals surface area (Å²) < 4.78 is 36.0. The van der Waals surface area contributed by atoms with Crippen molar-refractivity contribution in [3.05, 3.63) is 54.1 Å². The number of hydrogen-bond acceptors (Lipinski definition) is 6. The van der Waals surface area contributed by atoms with E-state index in [-0.39, 0.29) is 12.7 Å². The Morgan fingerprint density at radius 3 is 2.78 bits per heavy atom. The molecule has 8 nitrogen and oxygen atoms in total. The zero-order valence-corrected chi connectivity index (χ0v) is 18.1. The van der Waals surface area contributed by atoms with Gasteiger partial charge in [-0.1, -0.05) is 6.07 Å². The Morgan fingerprint density at radius 2 is 2.03 bits per heavy atom. The minimum Gasteiger partial charge on any atom is -0.487 e. The van der Waals surface area contributed by atoms with Crippen molar-refractivity contribution in [2.45, 2.75) is 32.5 Å². The highest BCUT2D eigenvalue weighted by Gasteiger charge is 2.25. The van der Waals surface area contributed by atoms with Crippen molar-refractivity contribution in [1.29, 1.82) is 0 Å². The lowest BCUT2D eigenvalue weighted by molar-refractivity contribution is 0.143. The molecular weight excluding hydrogens is 406 g/mol. The molecule has 0 radical (unpaired) electrons. The molecule has 1 saturated heterocycles. The highest BCUT2D eigenvalue weighted by molar-refractivity contribution is 5.90. The number of aromatic nitrogens is 3. The van der Waals surface area contributed by atoms with E-state index in [4.69, 9.17) is 13.6 Å². The van der Waals surface area contributed by atoms with Crippen LogP contribution in [0.4, 0.5) is 16.2 Å². The molecule has 4 heterocycles. The summed E-state index contributed by atoms with van der Waals surface area (Å²) in [5.41, 5.74) is 5.01. The van der Waals surface area contributed by atoms with Crippen LogP contribution in [0.25, 0.3) is 11.1 Å². The number of nitrogens with zero attached hydrogens (tertiary/aromatic N) is 5. The molecular formula is C24H27N5O3. The first-order chi connectivity index (χ1) is 16.7. The number of anilines is 2. The Morgan fingerprint density at radius 1 is 1.19 bits per heavy atom. The van der Waals surface area contributed by atoms with E-state index < -0.39 is 13.1 Å². The molecule has 0 aliphatic carbocycles. The van der Waals surface area contributed by atoms with Crippen molar-refractivity contribution < 1.29 is 18.4 Å². The maximum Gasteiger partial charge on any atom is 0.414 e. The molecule has 1 amide bonds. The Labute approximate surface area is 191 Å². The van der Waals surface area contributed by atoms with Gasteiger partial charge in [-0.25, -0.2) is 4.79 Å². The SMILES string of the molecule is [2H]C([2H])([2H])N1C(=O)OCc2cc(-c3cncc(N4CCC(Oc5cnn(C)c5)CC4)c3C)ccc21. The molecule has 0 N–H and O–H groups in total. The highest BCUT2D eigenvalue weighted by atomic mass is 16.6. The van der Waals surface area contributed by atoms with Gasteiger partial charge in [0, 0.05) is 61.4 Å². The van der Waals surface area contributed by atoms with Crippen LogP contribution in [0, 0.1) is 6.92 Å². The predicted molar refractivity (Wildman–Crippen MR) is 122 cm³/mol. The van der Waals surface area contributed by atoms with E-state index in [0.717, 1.165) is 59.0 Å². The van der Waals surface area contributed by atoms with Crippen molar-refractivity contribution in [3.8, 4) is 16.9 Å². The average Bonchev–Trinajstić information content (AvgIpc) is 3.23. The molecule has 0 atom stereocenters. The number of carbonyl (C=O) groups is 1.